The minimum absolute atomic E-state index is 0.232. The average molecular weight is 364 g/mol. The highest BCUT2D eigenvalue weighted by molar-refractivity contribution is 9.10. The molecule has 2 aromatic rings. The first-order chi connectivity index (χ1) is 10.1. The second-order valence-corrected chi connectivity index (χ2v) is 6.55. The highest BCUT2D eigenvalue weighted by Crippen LogP contribution is 2.38. The van der Waals surface area contributed by atoms with Crippen LogP contribution in [0.25, 0.3) is 5.70 Å². The molecule has 2 N–H and O–H groups in total. The first kappa shape index (κ1) is 14.5. The van der Waals surface area contributed by atoms with Crippen LogP contribution in [0.4, 0.5) is 5.69 Å². The maximum absolute atomic E-state index is 6.18. The Morgan fingerprint density at radius 2 is 2.00 bits per heavy atom. The van der Waals surface area contributed by atoms with Crippen LogP contribution >= 0.6 is 27.5 Å². The van der Waals surface area contributed by atoms with Crippen molar-refractivity contribution in [2.45, 2.75) is 19.5 Å². The lowest BCUT2D eigenvalue weighted by atomic mass is 10.00. The van der Waals surface area contributed by atoms with Gasteiger partial charge in [-0.1, -0.05) is 35.9 Å². The van der Waals surface area contributed by atoms with Gasteiger partial charge in [-0.25, -0.2) is 0 Å². The molecule has 1 heterocycles. The second kappa shape index (κ2) is 5.74. The van der Waals surface area contributed by atoms with Crippen LogP contribution in [0.15, 0.2) is 53.0 Å². The van der Waals surface area contributed by atoms with E-state index in [1.807, 2.05) is 24.3 Å². The number of halogens is 2. The molecule has 0 radical (unpaired) electrons. The fourth-order valence-corrected chi connectivity index (χ4v) is 3.55. The molecule has 21 heavy (non-hydrogen) atoms. The molecule has 0 aromatic heterocycles. The summed E-state index contributed by atoms with van der Waals surface area (Å²) in [6.07, 6.45) is 2.10. The van der Waals surface area contributed by atoms with Gasteiger partial charge in [-0.2, -0.15) is 0 Å². The molecule has 0 amide bonds. The number of hydrogen-bond donors (Lipinski definition) is 1. The number of anilines is 1. The molecule has 0 fully saturated rings. The van der Waals surface area contributed by atoms with Crippen LogP contribution < -0.4 is 10.6 Å². The Hall–Kier alpha value is -1.45. The quantitative estimate of drug-likeness (QED) is 0.829. The smallest absolute Gasteiger partial charge is 0.0612 e. The Labute approximate surface area is 138 Å². The van der Waals surface area contributed by atoms with Crippen molar-refractivity contribution in [2.75, 3.05) is 4.90 Å². The Bertz CT molecular complexity index is 712. The number of benzene rings is 2. The lowest BCUT2D eigenvalue weighted by Gasteiger charge is -2.36. The van der Waals surface area contributed by atoms with E-state index in [2.05, 4.69) is 52.0 Å². The first-order valence-corrected chi connectivity index (χ1v) is 8.00. The van der Waals surface area contributed by atoms with E-state index < -0.39 is 0 Å². The van der Waals surface area contributed by atoms with Gasteiger partial charge in [0, 0.05) is 33.3 Å². The molecule has 0 bridgehead atoms. The second-order valence-electron chi connectivity index (χ2n) is 5.26. The van der Waals surface area contributed by atoms with Gasteiger partial charge in [-0.3, -0.25) is 0 Å². The molecule has 0 saturated carbocycles. The Morgan fingerprint density at radius 3 is 2.76 bits per heavy atom. The van der Waals surface area contributed by atoms with Gasteiger partial charge in [0.2, 0.25) is 0 Å². The van der Waals surface area contributed by atoms with Crippen molar-refractivity contribution in [3.8, 4) is 0 Å². The van der Waals surface area contributed by atoms with E-state index in [-0.39, 0.29) is 6.04 Å². The van der Waals surface area contributed by atoms with Gasteiger partial charge in [0.05, 0.1) is 5.69 Å². The SMILES string of the molecule is CC1C=C(N)c2cccc(Br)c2N1Cc1cccc(Cl)c1. The van der Waals surface area contributed by atoms with Crippen molar-refractivity contribution in [1.82, 2.24) is 0 Å². The lowest BCUT2D eigenvalue weighted by Crippen LogP contribution is -2.35. The van der Waals surface area contributed by atoms with Crippen LogP contribution in [0.5, 0.6) is 0 Å². The van der Waals surface area contributed by atoms with Crippen molar-refractivity contribution >= 4 is 38.9 Å². The van der Waals surface area contributed by atoms with E-state index in [1.54, 1.807) is 0 Å². The molecule has 1 aliphatic heterocycles. The number of rotatable bonds is 2. The van der Waals surface area contributed by atoms with Gasteiger partial charge in [-0.15, -0.1) is 0 Å². The maximum Gasteiger partial charge on any atom is 0.0612 e. The van der Waals surface area contributed by atoms with E-state index in [0.717, 1.165) is 33.0 Å². The molecule has 0 saturated heterocycles. The van der Waals surface area contributed by atoms with Crippen LogP contribution in [0.3, 0.4) is 0 Å². The van der Waals surface area contributed by atoms with Crippen molar-refractivity contribution in [3.63, 3.8) is 0 Å². The van der Waals surface area contributed by atoms with Crippen molar-refractivity contribution in [1.29, 1.82) is 0 Å². The normalized spacial score (nSPS) is 17.4. The molecular weight excluding hydrogens is 348 g/mol. The van der Waals surface area contributed by atoms with E-state index in [0.29, 0.717) is 0 Å². The van der Waals surface area contributed by atoms with E-state index >= 15 is 0 Å². The summed E-state index contributed by atoms with van der Waals surface area (Å²) in [5, 5.41) is 0.763. The number of fused-ring (bicyclic) bond motifs is 1. The third-order valence-corrected chi connectivity index (χ3v) is 4.61. The molecule has 4 heteroatoms. The highest BCUT2D eigenvalue weighted by atomic mass is 79.9. The highest BCUT2D eigenvalue weighted by Gasteiger charge is 2.24. The third-order valence-electron chi connectivity index (χ3n) is 3.74. The Morgan fingerprint density at radius 1 is 1.24 bits per heavy atom. The van der Waals surface area contributed by atoms with Crippen LogP contribution in [0.2, 0.25) is 5.02 Å². The minimum atomic E-state index is 0.232. The molecule has 1 atom stereocenters. The summed E-state index contributed by atoms with van der Waals surface area (Å²) < 4.78 is 1.06. The molecule has 2 aromatic carbocycles. The van der Waals surface area contributed by atoms with Crippen LogP contribution in [-0.4, -0.2) is 6.04 Å². The largest absolute Gasteiger partial charge is 0.398 e. The number of para-hydroxylation sites is 1. The molecule has 1 aliphatic rings. The predicted octanol–water partition coefficient (Wildman–Crippen LogP) is 4.81. The van der Waals surface area contributed by atoms with E-state index in [1.165, 1.54) is 5.56 Å². The zero-order valence-corrected chi connectivity index (χ0v) is 14.0. The molecule has 1 unspecified atom stereocenters. The lowest BCUT2D eigenvalue weighted by molar-refractivity contribution is 0.723. The summed E-state index contributed by atoms with van der Waals surface area (Å²) >= 11 is 9.75. The van der Waals surface area contributed by atoms with Gasteiger partial charge >= 0.3 is 0 Å². The summed E-state index contributed by atoms with van der Waals surface area (Å²) in [6.45, 7) is 2.95. The molecule has 2 nitrogen and oxygen atoms in total. The molecular formula is C17H16BrClN2. The third kappa shape index (κ3) is 2.81. The maximum atomic E-state index is 6.18. The van der Waals surface area contributed by atoms with Gasteiger partial charge < -0.3 is 10.6 Å². The minimum Gasteiger partial charge on any atom is -0.398 e. The number of nitrogens with two attached hydrogens (primary N) is 1. The topological polar surface area (TPSA) is 29.3 Å². The molecule has 108 valence electrons. The summed E-state index contributed by atoms with van der Waals surface area (Å²) in [5.41, 5.74) is 10.4. The summed E-state index contributed by atoms with van der Waals surface area (Å²) in [5.74, 6) is 0. The summed E-state index contributed by atoms with van der Waals surface area (Å²) in [4.78, 5) is 2.33. The van der Waals surface area contributed by atoms with Crippen LogP contribution in [-0.2, 0) is 6.54 Å². The first-order valence-electron chi connectivity index (χ1n) is 6.83. The van der Waals surface area contributed by atoms with E-state index in [9.17, 15) is 0 Å². The number of hydrogen-bond acceptors (Lipinski definition) is 2. The van der Waals surface area contributed by atoms with Crippen LogP contribution in [0, 0.1) is 0 Å². The fraction of sp³-hybridized carbons (Fsp3) is 0.176. The van der Waals surface area contributed by atoms with Gasteiger partial charge in [0.15, 0.2) is 0 Å². The van der Waals surface area contributed by atoms with E-state index in [4.69, 9.17) is 17.3 Å². The monoisotopic (exact) mass is 362 g/mol. The Balaban J connectivity index is 2.03. The summed E-state index contributed by atoms with van der Waals surface area (Å²) in [7, 11) is 0. The van der Waals surface area contributed by atoms with Gasteiger partial charge in [0.1, 0.15) is 0 Å². The van der Waals surface area contributed by atoms with Gasteiger partial charge in [0.25, 0.3) is 0 Å². The van der Waals surface area contributed by atoms with Crippen molar-refractivity contribution in [3.05, 3.63) is 69.2 Å². The van der Waals surface area contributed by atoms with Crippen molar-refractivity contribution < 1.29 is 0 Å². The van der Waals surface area contributed by atoms with Crippen LogP contribution in [0.1, 0.15) is 18.1 Å². The number of nitrogens with zero attached hydrogens (tertiary/aromatic N) is 1. The summed E-state index contributed by atoms with van der Waals surface area (Å²) in [6, 6.07) is 14.3. The fourth-order valence-electron chi connectivity index (χ4n) is 2.74. The molecule has 0 spiro atoms. The zero-order chi connectivity index (χ0) is 15.0. The van der Waals surface area contributed by atoms with Gasteiger partial charge in [-0.05, 0) is 52.7 Å². The standard InChI is InChI=1S/C17H16BrClN2/c1-11-8-16(20)14-6-3-7-15(18)17(14)21(11)10-12-4-2-5-13(19)9-12/h2-9,11H,10,20H2,1H3. The Kier molecular flexibility index (Phi) is 3.96. The molecule has 3 rings (SSSR count). The average Bonchev–Trinajstić information content (AvgIpc) is 2.44. The zero-order valence-electron chi connectivity index (χ0n) is 11.7. The predicted molar refractivity (Wildman–Crippen MR) is 93.4 cm³/mol. The van der Waals surface area contributed by atoms with Crippen molar-refractivity contribution in [2.24, 2.45) is 5.73 Å². The molecule has 0 aliphatic carbocycles.